The molecule has 0 aliphatic rings. The minimum atomic E-state index is -0.264. The van der Waals surface area contributed by atoms with Crippen LogP contribution in [0.15, 0.2) is 11.4 Å². The Labute approximate surface area is 111 Å². The number of thiophene rings is 1. The summed E-state index contributed by atoms with van der Waals surface area (Å²) in [7, 11) is 0. The molecule has 2 aromatic heterocycles. The van der Waals surface area contributed by atoms with Gasteiger partial charge in [0.1, 0.15) is 0 Å². The van der Waals surface area contributed by atoms with Gasteiger partial charge in [-0.2, -0.15) is 0 Å². The van der Waals surface area contributed by atoms with Gasteiger partial charge in [-0.3, -0.25) is 10.1 Å². The molecule has 0 bridgehead atoms. The molecule has 1 amide bonds. The monoisotopic (exact) mass is 280 g/mol. The van der Waals surface area contributed by atoms with Crippen LogP contribution in [0.5, 0.6) is 0 Å². The summed E-state index contributed by atoms with van der Waals surface area (Å²) in [6, 6.07) is 1.69. The summed E-state index contributed by atoms with van der Waals surface area (Å²) in [5, 5.41) is 20.3. The first-order chi connectivity index (χ1) is 8.79. The highest BCUT2D eigenvalue weighted by Gasteiger charge is 2.10. The Hall–Kier alpha value is -1.82. The Bertz CT molecular complexity index is 583. The predicted octanol–water partition coefficient (Wildman–Crippen LogP) is 0.981. The van der Waals surface area contributed by atoms with E-state index in [1.807, 2.05) is 0 Å². The minimum absolute atomic E-state index is 0.0375. The van der Waals surface area contributed by atoms with Crippen LogP contribution in [0.3, 0.4) is 0 Å². The summed E-state index contributed by atoms with van der Waals surface area (Å²) in [5.41, 5.74) is 0.517. The van der Waals surface area contributed by atoms with Crippen LogP contribution in [0.4, 0.5) is 5.13 Å². The molecule has 2 heterocycles. The molecule has 0 aromatic carbocycles. The van der Waals surface area contributed by atoms with Gasteiger partial charge in [-0.1, -0.05) is 21.4 Å². The van der Waals surface area contributed by atoms with Gasteiger partial charge in [-0.15, -0.1) is 11.3 Å². The van der Waals surface area contributed by atoms with Crippen molar-refractivity contribution < 1.29 is 9.90 Å². The molecule has 6 nitrogen and oxygen atoms in total. The molecule has 0 atom stereocenters. The second-order valence-corrected chi connectivity index (χ2v) is 4.74. The average Bonchev–Trinajstić information content (AvgIpc) is 3.00. The van der Waals surface area contributed by atoms with Gasteiger partial charge in [-0.05, 0) is 11.3 Å². The predicted molar refractivity (Wildman–Crippen MR) is 68.6 cm³/mol. The minimum Gasteiger partial charge on any atom is -0.395 e. The van der Waals surface area contributed by atoms with Gasteiger partial charge in [0.05, 0.1) is 17.0 Å². The van der Waals surface area contributed by atoms with Crippen LogP contribution < -0.4 is 5.32 Å². The summed E-state index contributed by atoms with van der Waals surface area (Å²) in [6.45, 7) is 0.0375. The fourth-order valence-corrected chi connectivity index (χ4v) is 2.19. The lowest BCUT2D eigenvalue weighted by Gasteiger charge is -1.95. The Balaban J connectivity index is 2.02. The van der Waals surface area contributed by atoms with E-state index in [-0.39, 0.29) is 12.5 Å². The smallest absolute Gasteiger partial charge is 0.258 e. The fraction of sp³-hybridized carbons (Fsp3) is 0.200. The Kier molecular flexibility index (Phi) is 4.35. The van der Waals surface area contributed by atoms with E-state index in [1.165, 1.54) is 11.3 Å². The molecule has 18 heavy (non-hydrogen) atoms. The number of aliphatic hydroxyl groups is 1. The molecule has 0 fully saturated rings. The van der Waals surface area contributed by atoms with Crippen molar-refractivity contribution >= 4 is 33.9 Å². The third kappa shape index (κ3) is 3.33. The SMILES string of the molecule is O=C(Nc1nnns1)c1csc(C#CCCO)c1. The molecule has 8 heteroatoms. The van der Waals surface area contributed by atoms with E-state index in [2.05, 4.69) is 32.0 Å². The molecule has 2 aromatic rings. The Morgan fingerprint density at radius 3 is 3.17 bits per heavy atom. The molecule has 0 aliphatic carbocycles. The standard InChI is InChI=1S/C10H8N4O2S2/c15-4-2-1-3-8-5-7(6-17-8)9(16)11-10-12-13-14-18-10/h5-6,15H,2,4H2,(H,11,12,14,16). The summed E-state index contributed by atoms with van der Waals surface area (Å²) in [4.78, 5) is 12.6. The van der Waals surface area contributed by atoms with Crippen molar-refractivity contribution in [2.75, 3.05) is 11.9 Å². The lowest BCUT2D eigenvalue weighted by atomic mass is 10.3. The molecule has 2 rings (SSSR count). The van der Waals surface area contributed by atoms with Gasteiger partial charge in [0, 0.05) is 23.3 Å². The Morgan fingerprint density at radius 1 is 1.56 bits per heavy atom. The van der Waals surface area contributed by atoms with Crippen LogP contribution in [-0.4, -0.2) is 32.4 Å². The molecule has 0 spiro atoms. The number of aromatic nitrogens is 3. The average molecular weight is 280 g/mol. The highest BCUT2D eigenvalue weighted by Crippen LogP contribution is 2.15. The van der Waals surface area contributed by atoms with Crippen LogP contribution in [0.2, 0.25) is 0 Å². The van der Waals surface area contributed by atoms with Crippen LogP contribution in [0.25, 0.3) is 0 Å². The first-order valence-corrected chi connectivity index (χ1v) is 6.59. The number of carbonyl (C=O) groups is 1. The van der Waals surface area contributed by atoms with Gasteiger partial charge in [0.2, 0.25) is 5.13 Å². The van der Waals surface area contributed by atoms with Gasteiger partial charge < -0.3 is 5.11 Å². The highest BCUT2D eigenvalue weighted by molar-refractivity contribution is 7.11. The van der Waals surface area contributed by atoms with Gasteiger partial charge in [0.25, 0.3) is 5.91 Å². The van der Waals surface area contributed by atoms with E-state index in [4.69, 9.17) is 5.11 Å². The largest absolute Gasteiger partial charge is 0.395 e. The van der Waals surface area contributed by atoms with Gasteiger partial charge in [0.15, 0.2) is 0 Å². The lowest BCUT2D eigenvalue weighted by Crippen LogP contribution is -2.10. The van der Waals surface area contributed by atoms with E-state index in [1.54, 1.807) is 11.4 Å². The van der Waals surface area contributed by atoms with E-state index in [9.17, 15) is 4.79 Å². The van der Waals surface area contributed by atoms with Crippen molar-refractivity contribution in [1.29, 1.82) is 0 Å². The topological polar surface area (TPSA) is 88.0 Å². The zero-order valence-corrected chi connectivity index (χ0v) is 10.7. The molecular weight excluding hydrogens is 272 g/mol. The van der Waals surface area contributed by atoms with E-state index >= 15 is 0 Å². The third-order valence-electron chi connectivity index (χ3n) is 1.83. The van der Waals surface area contributed by atoms with E-state index < -0.39 is 0 Å². The molecule has 92 valence electrons. The molecule has 2 N–H and O–H groups in total. The number of hydrogen-bond acceptors (Lipinski definition) is 7. The first-order valence-electron chi connectivity index (χ1n) is 4.94. The molecular formula is C10H8N4O2S2. The van der Waals surface area contributed by atoms with Crippen LogP contribution in [0.1, 0.15) is 21.7 Å². The van der Waals surface area contributed by atoms with Crippen molar-refractivity contribution in [3.8, 4) is 11.8 Å². The highest BCUT2D eigenvalue weighted by atomic mass is 32.1. The molecule has 0 saturated heterocycles. The molecule has 0 aliphatic heterocycles. The number of aliphatic hydroxyl groups excluding tert-OH is 1. The van der Waals surface area contributed by atoms with Gasteiger partial charge >= 0.3 is 0 Å². The van der Waals surface area contributed by atoms with Crippen LogP contribution in [0, 0.1) is 11.8 Å². The van der Waals surface area contributed by atoms with Crippen molar-refractivity contribution in [3.63, 3.8) is 0 Å². The van der Waals surface area contributed by atoms with Crippen molar-refractivity contribution in [2.24, 2.45) is 0 Å². The third-order valence-corrected chi connectivity index (χ3v) is 3.19. The molecule has 0 saturated carbocycles. The number of hydrogen-bond donors (Lipinski definition) is 2. The number of nitrogens with zero attached hydrogens (tertiary/aromatic N) is 3. The fourth-order valence-electron chi connectivity index (χ4n) is 1.08. The second-order valence-electron chi connectivity index (χ2n) is 3.10. The van der Waals surface area contributed by atoms with Gasteiger partial charge in [-0.25, -0.2) is 0 Å². The maximum absolute atomic E-state index is 11.8. The summed E-state index contributed by atoms with van der Waals surface area (Å²) in [5.74, 6) is 5.40. The summed E-state index contributed by atoms with van der Waals surface area (Å²) in [6.07, 6.45) is 0.426. The molecule has 0 radical (unpaired) electrons. The molecule has 0 unspecified atom stereocenters. The van der Waals surface area contributed by atoms with Crippen LogP contribution in [-0.2, 0) is 0 Å². The van der Waals surface area contributed by atoms with E-state index in [0.29, 0.717) is 17.1 Å². The normalized spacial score (nSPS) is 9.61. The number of amides is 1. The van der Waals surface area contributed by atoms with E-state index in [0.717, 1.165) is 16.4 Å². The number of nitrogens with one attached hydrogen (secondary N) is 1. The van der Waals surface area contributed by atoms with Crippen molar-refractivity contribution in [1.82, 2.24) is 14.8 Å². The number of anilines is 1. The number of rotatable bonds is 3. The first kappa shape index (κ1) is 12.6. The number of carbonyl (C=O) groups excluding carboxylic acids is 1. The zero-order valence-electron chi connectivity index (χ0n) is 9.08. The van der Waals surface area contributed by atoms with Crippen molar-refractivity contribution in [2.45, 2.75) is 6.42 Å². The summed E-state index contributed by atoms with van der Waals surface area (Å²) >= 11 is 2.39. The summed E-state index contributed by atoms with van der Waals surface area (Å²) < 4.78 is 3.55. The Morgan fingerprint density at radius 2 is 2.44 bits per heavy atom. The van der Waals surface area contributed by atoms with Crippen LogP contribution >= 0.6 is 22.9 Å². The maximum Gasteiger partial charge on any atom is 0.258 e. The van der Waals surface area contributed by atoms with Crippen molar-refractivity contribution in [3.05, 3.63) is 21.9 Å². The quantitative estimate of drug-likeness (QED) is 0.818. The second kappa shape index (κ2) is 6.20. The lowest BCUT2D eigenvalue weighted by molar-refractivity contribution is 0.102. The maximum atomic E-state index is 11.8. The zero-order chi connectivity index (χ0) is 12.8.